The number of aryl methyl sites for hydroxylation is 1. The summed E-state index contributed by atoms with van der Waals surface area (Å²) in [6.07, 6.45) is 0. The largest absolute Gasteiger partial charge is 0.493 e. The molecule has 1 amide bonds. The highest BCUT2D eigenvalue weighted by Crippen LogP contribution is 2.30. The molecule has 3 aromatic rings. The minimum absolute atomic E-state index is 0.157. The van der Waals surface area contributed by atoms with Crippen molar-refractivity contribution in [2.45, 2.75) is 19.9 Å². The van der Waals surface area contributed by atoms with Crippen LogP contribution in [0.25, 0.3) is 0 Å². The van der Waals surface area contributed by atoms with Crippen LogP contribution in [-0.2, 0) is 0 Å². The molecule has 3 rings (SSSR count). The number of rotatable bonds is 7. The van der Waals surface area contributed by atoms with Crippen molar-refractivity contribution in [1.29, 1.82) is 0 Å². The topological polar surface area (TPSA) is 47.6 Å². The van der Waals surface area contributed by atoms with Gasteiger partial charge in [0, 0.05) is 10.4 Å². The van der Waals surface area contributed by atoms with Crippen molar-refractivity contribution in [3.05, 3.63) is 81.5 Å². The standard InChI is InChI=1S/C22H23NO3S/c1-4-26-18-12-11-17(14-19(18)25-3)22(24)23-21(20-6-5-13-27-20)16-9-7-15(2)8-10-16/h5-14,21H,4H2,1-3H3,(H,23,24). The molecule has 2 aromatic carbocycles. The van der Waals surface area contributed by atoms with E-state index in [-0.39, 0.29) is 11.9 Å². The molecule has 0 fully saturated rings. The molecule has 0 aliphatic rings. The lowest BCUT2D eigenvalue weighted by Crippen LogP contribution is -2.28. The van der Waals surface area contributed by atoms with Gasteiger partial charge in [-0.25, -0.2) is 0 Å². The van der Waals surface area contributed by atoms with Crippen molar-refractivity contribution in [3.63, 3.8) is 0 Å². The minimum atomic E-state index is -0.198. The van der Waals surface area contributed by atoms with Gasteiger partial charge in [-0.2, -0.15) is 0 Å². The molecule has 1 heterocycles. The van der Waals surface area contributed by atoms with Gasteiger partial charge in [0.15, 0.2) is 11.5 Å². The number of carbonyl (C=O) groups is 1. The van der Waals surface area contributed by atoms with Gasteiger partial charge in [0.05, 0.1) is 19.8 Å². The molecule has 140 valence electrons. The van der Waals surface area contributed by atoms with E-state index in [9.17, 15) is 4.79 Å². The number of thiophene rings is 1. The maximum absolute atomic E-state index is 12.9. The lowest BCUT2D eigenvalue weighted by molar-refractivity contribution is 0.0943. The average molecular weight is 381 g/mol. The van der Waals surface area contributed by atoms with Crippen LogP contribution in [0.3, 0.4) is 0 Å². The van der Waals surface area contributed by atoms with Gasteiger partial charge in [-0.15, -0.1) is 11.3 Å². The molecule has 4 nitrogen and oxygen atoms in total. The quantitative estimate of drug-likeness (QED) is 0.628. The summed E-state index contributed by atoms with van der Waals surface area (Å²) >= 11 is 1.62. The molecule has 0 saturated heterocycles. The van der Waals surface area contributed by atoms with Gasteiger partial charge in [0.25, 0.3) is 5.91 Å². The van der Waals surface area contributed by atoms with E-state index in [0.29, 0.717) is 23.7 Å². The number of carbonyl (C=O) groups excluding carboxylic acids is 1. The molecule has 0 radical (unpaired) electrons. The Hall–Kier alpha value is -2.79. The second-order valence-corrected chi connectivity index (χ2v) is 7.11. The Labute approximate surface area is 163 Å². The zero-order chi connectivity index (χ0) is 19.2. The fourth-order valence-corrected chi connectivity index (χ4v) is 3.63. The number of hydrogen-bond acceptors (Lipinski definition) is 4. The highest BCUT2D eigenvalue weighted by Gasteiger charge is 2.20. The molecule has 1 aromatic heterocycles. The van der Waals surface area contributed by atoms with E-state index in [2.05, 4.69) is 36.5 Å². The summed E-state index contributed by atoms with van der Waals surface area (Å²) in [5.41, 5.74) is 2.77. The predicted octanol–water partition coefficient (Wildman–Crippen LogP) is 4.98. The molecule has 0 saturated carbocycles. The molecule has 1 atom stereocenters. The average Bonchev–Trinajstić information content (AvgIpc) is 3.22. The van der Waals surface area contributed by atoms with Gasteiger partial charge in [-0.05, 0) is 49.1 Å². The zero-order valence-corrected chi connectivity index (χ0v) is 16.5. The van der Waals surface area contributed by atoms with Gasteiger partial charge in [0.1, 0.15) is 0 Å². The maximum Gasteiger partial charge on any atom is 0.252 e. The number of hydrogen-bond donors (Lipinski definition) is 1. The van der Waals surface area contributed by atoms with Crippen LogP contribution in [-0.4, -0.2) is 19.6 Å². The monoisotopic (exact) mass is 381 g/mol. The number of amides is 1. The first-order chi connectivity index (χ1) is 13.1. The molecule has 0 spiro atoms. The van der Waals surface area contributed by atoms with Gasteiger partial charge in [-0.1, -0.05) is 35.9 Å². The fourth-order valence-electron chi connectivity index (χ4n) is 2.83. The van der Waals surface area contributed by atoms with Crippen LogP contribution < -0.4 is 14.8 Å². The van der Waals surface area contributed by atoms with Crippen molar-refractivity contribution >= 4 is 17.2 Å². The summed E-state index contributed by atoms with van der Waals surface area (Å²) < 4.78 is 10.9. The summed E-state index contributed by atoms with van der Waals surface area (Å²) in [6, 6.07) is 17.3. The number of nitrogens with one attached hydrogen (secondary N) is 1. The molecular weight excluding hydrogens is 358 g/mol. The first kappa shape index (κ1) is 19.0. The van der Waals surface area contributed by atoms with E-state index in [4.69, 9.17) is 9.47 Å². The lowest BCUT2D eigenvalue weighted by Gasteiger charge is -2.19. The molecule has 5 heteroatoms. The molecule has 0 aliphatic carbocycles. The van der Waals surface area contributed by atoms with Crippen molar-refractivity contribution < 1.29 is 14.3 Å². The second kappa shape index (κ2) is 8.73. The number of benzene rings is 2. The summed E-state index contributed by atoms with van der Waals surface area (Å²) in [4.78, 5) is 14.0. The van der Waals surface area contributed by atoms with Gasteiger partial charge in [0.2, 0.25) is 0 Å². The third kappa shape index (κ3) is 4.49. The molecule has 0 aliphatic heterocycles. The maximum atomic E-state index is 12.9. The predicted molar refractivity (Wildman–Crippen MR) is 109 cm³/mol. The first-order valence-corrected chi connectivity index (χ1v) is 9.72. The third-order valence-corrected chi connectivity index (χ3v) is 5.18. The van der Waals surface area contributed by atoms with E-state index in [1.165, 1.54) is 5.56 Å². The van der Waals surface area contributed by atoms with E-state index in [1.807, 2.05) is 24.4 Å². The Morgan fingerprint density at radius 1 is 1.11 bits per heavy atom. The third-order valence-electron chi connectivity index (χ3n) is 4.24. The van der Waals surface area contributed by atoms with E-state index >= 15 is 0 Å². The van der Waals surface area contributed by atoms with Crippen LogP contribution in [0.1, 0.15) is 39.3 Å². The number of methoxy groups -OCH3 is 1. The van der Waals surface area contributed by atoms with Crippen LogP contribution in [0.5, 0.6) is 11.5 Å². The van der Waals surface area contributed by atoms with Gasteiger partial charge >= 0.3 is 0 Å². The Morgan fingerprint density at radius 2 is 1.89 bits per heavy atom. The fraction of sp³-hybridized carbons (Fsp3) is 0.227. The van der Waals surface area contributed by atoms with Gasteiger partial charge < -0.3 is 14.8 Å². The van der Waals surface area contributed by atoms with E-state index in [0.717, 1.165) is 10.4 Å². The Balaban J connectivity index is 1.87. The van der Waals surface area contributed by atoms with Crippen molar-refractivity contribution in [2.24, 2.45) is 0 Å². The van der Waals surface area contributed by atoms with E-state index in [1.54, 1.807) is 36.6 Å². The first-order valence-electron chi connectivity index (χ1n) is 8.84. The van der Waals surface area contributed by atoms with Crippen molar-refractivity contribution in [2.75, 3.05) is 13.7 Å². The highest BCUT2D eigenvalue weighted by atomic mass is 32.1. The zero-order valence-electron chi connectivity index (χ0n) is 15.7. The van der Waals surface area contributed by atoms with Crippen molar-refractivity contribution in [1.82, 2.24) is 5.32 Å². The van der Waals surface area contributed by atoms with Crippen LogP contribution in [0, 0.1) is 6.92 Å². The normalized spacial score (nSPS) is 11.7. The van der Waals surface area contributed by atoms with Crippen LogP contribution in [0.15, 0.2) is 60.0 Å². The Kier molecular flexibility index (Phi) is 6.14. The molecule has 0 bridgehead atoms. The summed E-state index contributed by atoms with van der Waals surface area (Å²) in [5, 5.41) is 5.17. The molecule has 27 heavy (non-hydrogen) atoms. The van der Waals surface area contributed by atoms with Crippen LogP contribution >= 0.6 is 11.3 Å². The molecule has 1 N–H and O–H groups in total. The summed E-state index contributed by atoms with van der Waals surface area (Å²) in [7, 11) is 1.57. The van der Waals surface area contributed by atoms with Crippen molar-refractivity contribution in [3.8, 4) is 11.5 Å². The molecule has 1 unspecified atom stereocenters. The van der Waals surface area contributed by atoms with Crippen LogP contribution in [0.2, 0.25) is 0 Å². The molecular formula is C22H23NO3S. The lowest BCUT2D eigenvalue weighted by atomic mass is 10.0. The second-order valence-electron chi connectivity index (χ2n) is 6.13. The Bertz CT molecular complexity index is 888. The van der Waals surface area contributed by atoms with Crippen LogP contribution in [0.4, 0.5) is 0 Å². The highest BCUT2D eigenvalue weighted by molar-refractivity contribution is 7.10. The van der Waals surface area contributed by atoms with Gasteiger partial charge in [-0.3, -0.25) is 4.79 Å². The SMILES string of the molecule is CCOc1ccc(C(=O)NC(c2ccc(C)cc2)c2cccs2)cc1OC. The van der Waals surface area contributed by atoms with E-state index < -0.39 is 0 Å². The summed E-state index contributed by atoms with van der Waals surface area (Å²) in [5.74, 6) is 1.02. The number of ether oxygens (including phenoxy) is 2. The summed E-state index contributed by atoms with van der Waals surface area (Å²) in [6.45, 7) is 4.50. The Morgan fingerprint density at radius 3 is 2.52 bits per heavy atom. The minimum Gasteiger partial charge on any atom is -0.493 e. The smallest absolute Gasteiger partial charge is 0.252 e.